The summed E-state index contributed by atoms with van der Waals surface area (Å²) in [6, 6.07) is 4.83. The van der Waals surface area contributed by atoms with Crippen LogP contribution < -0.4 is 5.32 Å². The van der Waals surface area contributed by atoms with E-state index in [1.54, 1.807) is 0 Å². The highest BCUT2D eigenvalue weighted by atomic mass is 16.5. The second-order valence-electron chi connectivity index (χ2n) is 6.47. The molecule has 1 fully saturated rings. The zero-order chi connectivity index (χ0) is 15.2. The predicted molar refractivity (Wildman–Crippen MR) is 86.1 cm³/mol. The molecular weight excluding hydrogens is 262 g/mol. The van der Waals surface area contributed by atoms with Gasteiger partial charge in [0.15, 0.2) is 0 Å². The first-order valence-corrected chi connectivity index (χ1v) is 8.01. The molecule has 0 radical (unpaired) electrons. The van der Waals surface area contributed by atoms with Gasteiger partial charge in [0, 0.05) is 39.0 Å². The number of rotatable bonds is 6. The minimum Gasteiger partial charge on any atom is -0.380 e. The number of methoxy groups -OCH3 is 1. The highest BCUT2D eigenvalue weighted by molar-refractivity contribution is 5.14. The van der Waals surface area contributed by atoms with E-state index in [1.807, 2.05) is 13.3 Å². The van der Waals surface area contributed by atoms with Crippen molar-refractivity contribution in [2.24, 2.45) is 5.92 Å². The molecule has 0 saturated carbocycles. The molecule has 0 spiro atoms. The van der Waals surface area contributed by atoms with Gasteiger partial charge in [-0.05, 0) is 30.5 Å². The summed E-state index contributed by atoms with van der Waals surface area (Å²) < 4.78 is 5.57. The Morgan fingerprint density at radius 1 is 1.43 bits per heavy atom. The molecule has 2 unspecified atom stereocenters. The molecule has 0 aliphatic carbocycles. The lowest BCUT2D eigenvalue weighted by Crippen LogP contribution is -2.43. The molecular formula is C17H29N3O. The Bertz CT molecular complexity index is 419. The Morgan fingerprint density at radius 2 is 2.24 bits per heavy atom. The SMILES string of the molecule is COC1CN(Cc2ccc(CNC(C)C)cn2)CCC1C. The van der Waals surface area contributed by atoms with Crippen LogP contribution >= 0.6 is 0 Å². The molecule has 21 heavy (non-hydrogen) atoms. The third-order valence-corrected chi connectivity index (χ3v) is 4.26. The quantitative estimate of drug-likeness (QED) is 0.873. The van der Waals surface area contributed by atoms with E-state index in [0.29, 0.717) is 18.1 Å². The summed E-state index contributed by atoms with van der Waals surface area (Å²) in [5.41, 5.74) is 2.39. The van der Waals surface area contributed by atoms with Crippen LogP contribution in [0.3, 0.4) is 0 Å². The Labute approximate surface area is 128 Å². The standard InChI is InChI=1S/C17H29N3O/c1-13(2)18-9-15-5-6-16(19-10-15)11-20-8-7-14(3)17(12-20)21-4/h5-6,10,13-14,17-18H,7-9,11-12H2,1-4H3. The fourth-order valence-corrected chi connectivity index (χ4v) is 2.75. The number of hydrogen-bond donors (Lipinski definition) is 1. The van der Waals surface area contributed by atoms with Gasteiger partial charge in [0.25, 0.3) is 0 Å². The average Bonchev–Trinajstić information content (AvgIpc) is 2.48. The fraction of sp³-hybridized carbons (Fsp3) is 0.706. The maximum Gasteiger partial charge on any atom is 0.0724 e. The van der Waals surface area contributed by atoms with Gasteiger partial charge in [-0.3, -0.25) is 9.88 Å². The zero-order valence-electron chi connectivity index (χ0n) is 13.8. The van der Waals surface area contributed by atoms with Crippen molar-refractivity contribution in [3.8, 4) is 0 Å². The largest absolute Gasteiger partial charge is 0.380 e. The molecule has 2 rings (SSSR count). The number of pyridine rings is 1. The Kier molecular flexibility index (Phi) is 6.15. The van der Waals surface area contributed by atoms with E-state index in [9.17, 15) is 0 Å². The van der Waals surface area contributed by atoms with Crippen molar-refractivity contribution in [3.05, 3.63) is 29.6 Å². The van der Waals surface area contributed by atoms with Crippen LogP contribution in [-0.2, 0) is 17.8 Å². The van der Waals surface area contributed by atoms with Crippen molar-refractivity contribution in [2.75, 3.05) is 20.2 Å². The minimum absolute atomic E-state index is 0.355. The third-order valence-electron chi connectivity index (χ3n) is 4.26. The fourth-order valence-electron chi connectivity index (χ4n) is 2.75. The highest BCUT2D eigenvalue weighted by Crippen LogP contribution is 2.20. The number of nitrogens with zero attached hydrogens (tertiary/aromatic N) is 2. The van der Waals surface area contributed by atoms with E-state index in [4.69, 9.17) is 4.74 Å². The van der Waals surface area contributed by atoms with Crippen LogP contribution in [-0.4, -0.2) is 42.2 Å². The molecule has 4 heteroatoms. The smallest absolute Gasteiger partial charge is 0.0724 e. The number of aromatic nitrogens is 1. The first-order valence-electron chi connectivity index (χ1n) is 8.01. The van der Waals surface area contributed by atoms with Crippen molar-refractivity contribution >= 4 is 0 Å². The topological polar surface area (TPSA) is 37.4 Å². The van der Waals surface area contributed by atoms with Gasteiger partial charge < -0.3 is 10.1 Å². The number of nitrogens with one attached hydrogen (secondary N) is 1. The van der Waals surface area contributed by atoms with Crippen LogP contribution in [0.5, 0.6) is 0 Å². The predicted octanol–water partition coefficient (Wildman–Crippen LogP) is 2.44. The van der Waals surface area contributed by atoms with Crippen LogP contribution in [0, 0.1) is 5.92 Å². The second kappa shape index (κ2) is 7.87. The van der Waals surface area contributed by atoms with Gasteiger partial charge in [-0.15, -0.1) is 0 Å². The summed E-state index contributed by atoms with van der Waals surface area (Å²) in [5, 5.41) is 3.41. The number of hydrogen-bond acceptors (Lipinski definition) is 4. The van der Waals surface area contributed by atoms with Crippen molar-refractivity contribution < 1.29 is 4.74 Å². The molecule has 118 valence electrons. The van der Waals surface area contributed by atoms with Gasteiger partial charge in [0.05, 0.1) is 11.8 Å². The Hall–Kier alpha value is -0.970. The van der Waals surface area contributed by atoms with Crippen molar-refractivity contribution in [1.82, 2.24) is 15.2 Å². The van der Waals surface area contributed by atoms with E-state index < -0.39 is 0 Å². The van der Waals surface area contributed by atoms with Gasteiger partial charge >= 0.3 is 0 Å². The summed E-state index contributed by atoms with van der Waals surface area (Å²) in [6.45, 7) is 10.6. The first kappa shape index (κ1) is 16.4. The summed E-state index contributed by atoms with van der Waals surface area (Å²) in [6.07, 6.45) is 3.55. The zero-order valence-corrected chi connectivity index (χ0v) is 13.8. The van der Waals surface area contributed by atoms with Crippen molar-refractivity contribution in [1.29, 1.82) is 0 Å². The van der Waals surface area contributed by atoms with Crippen molar-refractivity contribution in [3.63, 3.8) is 0 Å². The average molecular weight is 291 g/mol. The number of likely N-dealkylation sites (tertiary alicyclic amines) is 1. The lowest BCUT2D eigenvalue weighted by molar-refractivity contribution is -0.00778. The van der Waals surface area contributed by atoms with Gasteiger partial charge in [0.2, 0.25) is 0 Å². The molecule has 1 aliphatic heterocycles. The Morgan fingerprint density at radius 3 is 2.86 bits per heavy atom. The van der Waals surface area contributed by atoms with Gasteiger partial charge in [-0.2, -0.15) is 0 Å². The lowest BCUT2D eigenvalue weighted by Gasteiger charge is -2.36. The highest BCUT2D eigenvalue weighted by Gasteiger charge is 2.25. The third kappa shape index (κ3) is 5.06. The second-order valence-corrected chi connectivity index (χ2v) is 6.47. The molecule has 1 aromatic rings. The van der Waals surface area contributed by atoms with E-state index in [-0.39, 0.29) is 0 Å². The molecule has 0 aromatic carbocycles. The number of ether oxygens (including phenoxy) is 1. The van der Waals surface area contributed by atoms with Gasteiger partial charge in [0.1, 0.15) is 0 Å². The first-order chi connectivity index (χ1) is 10.1. The molecule has 4 nitrogen and oxygen atoms in total. The maximum absolute atomic E-state index is 5.57. The van der Waals surface area contributed by atoms with Crippen LogP contribution in [0.15, 0.2) is 18.3 Å². The monoisotopic (exact) mass is 291 g/mol. The molecule has 1 saturated heterocycles. The molecule has 0 amide bonds. The molecule has 1 aliphatic rings. The summed E-state index contributed by atoms with van der Waals surface area (Å²) in [7, 11) is 1.82. The van der Waals surface area contributed by atoms with Crippen LogP contribution in [0.1, 0.15) is 38.4 Å². The molecule has 0 bridgehead atoms. The van der Waals surface area contributed by atoms with Crippen LogP contribution in [0.4, 0.5) is 0 Å². The van der Waals surface area contributed by atoms with E-state index in [2.05, 4.69) is 48.1 Å². The summed E-state index contributed by atoms with van der Waals surface area (Å²) in [4.78, 5) is 7.05. The normalized spacial score (nSPS) is 23.7. The van der Waals surface area contributed by atoms with E-state index in [0.717, 1.165) is 31.9 Å². The molecule has 2 atom stereocenters. The lowest BCUT2D eigenvalue weighted by atomic mass is 9.96. The van der Waals surface area contributed by atoms with Crippen molar-refractivity contribution in [2.45, 2.75) is 52.4 Å². The number of piperidine rings is 1. The van der Waals surface area contributed by atoms with Crippen LogP contribution in [0.25, 0.3) is 0 Å². The van der Waals surface area contributed by atoms with E-state index in [1.165, 1.54) is 12.0 Å². The van der Waals surface area contributed by atoms with Gasteiger partial charge in [-0.25, -0.2) is 0 Å². The van der Waals surface area contributed by atoms with E-state index >= 15 is 0 Å². The van der Waals surface area contributed by atoms with Crippen LogP contribution in [0.2, 0.25) is 0 Å². The van der Waals surface area contributed by atoms with Gasteiger partial charge in [-0.1, -0.05) is 26.8 Å². The molecule has 2 heterocycles. The summed E-state index contributed by atoms with van der Waals surface area (Å²) >= 11 is 0. The minimum atomic E-state index is 0.355. The molecule has 1 N–H and O–H groups in total. The maximum atomic E-state index is 5.57. The molecule has 1 aromatic heterocycles. The summed E-state index contributed by atoms with van der Waals surface area (Å²) in [5.74, 6) is 0.656. The Balaban J connectivity index is 1.85.